The summed E-state index contributed by atoms with van der Waals surface area (Å²) in [5, 5.41) is 6.85. The number of benzene rings is 1. The number of rotatable bonds is 9. The van der Waals surface area contributed by atoms with Crippen molar-refractivity contribution in [2.24, 2.45) is 10.9 Å². The van der Waals surface area contributed by atoms with Gasteiger partial charge < -0.3 is 20.3 Å². The third-order valence-corrected chi connectivity index (χ3v) is 5.70. The number of hydrogen-bond acceptors (Lipinski definition) is 4. The summed E-state index contributed by atoms with van der Waals surface area (Å²) in [5.41, 5.74) is 1.85. The molecule has 0 spiro atoms. The van der Waals surface area contributed by atoms with E-state index < -0.39 is 0 Å². The number of nitrogens with zero attached hydrogens (tertiary/aromatic N) is 3. The number of amides is 1. The van der Waals surface area contributed by atoms with Crippen molar-refractivity contribution in [1.29, 1.82) is 0 Å². The van der Waals surface area contributed by atoms with Crippen molar-refractivity contribution in [3.63, 3.8) is 0 Å². The number of carbonyl (C=O) groups is 1. The van der Waals surface area contributed by atoms with Crippen LogP contribution in [0.3, 0.4) is 0 Å². The number of guanidine groups is 1. The first kappa shape index (κ1) is 24.2. The lowest BCUT2D eigenvalue weighted by Crippen LogP contribution is -2.52. The molecule has 1 atom stereocenters. The molecular formula is C23H39N5O2. The Kier molecular flexibility index (Phi) is 10.1. The van der Waals surface area contributed by atoms with Gasteiger partial charge in [-0.1, -0.05) is 26.0 Å². The molecule has 1 aromatic rings. The maximum absolute atomic E-state index is 12.4. The highest BCUT2D eigenvalue weighted by molar-refractivity contribution is 5.94. The maximum atomic E-state index is 12.4. The van der Waals surface area contributed by atoms with Crippen molar-refractivity contribution in [3.8, 4) is 0 Å². The molecular weight excluding hydrogens is 378 g/mol. The average molecular weight is 418 g/mol. The Morgan fingerprint density at radius 2 is 1.77 bits per heavy atom. The van der Waals surface area contributed by atoms with Crippen LogP contribution < -0.4 is 10.6 Å². The number of carbonyl (C=O) groups excluding carboxylic acids is 1. The van der Waals surface area contributed by atoms with E-state index in [-0.39, 0.29) is 5.91 Å². The molecule has 1 aromatic carbocycles. The molecule has 2 N–H and O–H groups in total. The van der Waals surface area contributed by atoms with Crippen LogP contribution in [0.4, 0.5) is 0 Å². The summed E-state index contributed by atoms with van der Waals surface area (Å²) in [5.74, 6) is 1.42. The van der Waals surface area contributed by atoms with Gasteiger partial charge >= 0.3 is 0 Å². The van der Waals surface area contributed by atoms with E-state index >= 15 is 0 Å². The van der Waals surface area contributed by atoms with Crippen LogP contribution in [0.25, 0.3) is 0 Å². The first-order valence-corrected chi connectivity index (χ1v) is 11.1. The van der Waals surface area contributed by atoms with Crippen molar-refractivity contribution in [2.45, 2.75) is 40.3 Å². The van der Waals surface area contributed by atoms with Crippen LogP contribution >= 0.6 is 0 Å². The third-order valence-electron chi connectivity index (χ3n) is 5.70. The predicted octanol–water partition coefficient (Wildman–Crippen LogP) is 2.19. The molecule has 1 aliphatic heterocycles. The first-order chi connectivity index (χ1) is 14.5. The van der Waals surface area contributed by atoms with Gasteiger partial charge in [0, 0.05) is 57.9 Å². The molecule has 30 heavy (non-hydrogen) atoms. The molecule has 1 saturated heterocycles. The van der Waals surface area contributed by atoms with Gasteiger partial charge in [0.1, 0.15) is 0 Å². The highest BCUT2D eigenvalue weighted by Crippen LogP contribution is 2.12. The highest BCUT2D eigenvalue weighted by Gasteiger charge is 2.23. The second-order valence-electron chi connectivity index (χ2n) is 7.94. The first-order valence-electron chi connectivity index (χ1n) is 11.1. The van der Waals surface area contributed by atoms with Gasteiger partial charge in [0.25, 0.3) is 5.91 Å². The molecule has 0 radical (unpaired) electrons. The molecule has 0 saturated carbocycles. The lowest BCUT2D eigenvalue weighted by Gasteiger charge is -2.37. The summed E-state index contributed by atoms with van der Waals surface area (Å²) in [4.78, 5) is 21.1. The van der Waals surface area contributed by atoms with Gasteiger partial charge in [0.15, 0.2) is 5.96 Å². The fraction of sp³-hybridized carbons (Fsp3) is 0.652. The van der Waals surface area contributed by atoms with Crippen LogP contribution in [-0.2, 0) is 11.3 Å². The lowest BCUT2D eigenvalue weighted by atomic mass is 10.0. The minimum atomic E-state index is 0.0832. The predicted molar refractivity (Wildman–Crippen MR) is 123 cm³/mol. The van der Waals surface area contributed by atoms with E-state index in [0.717, 1.165) is 63.0 Å². The van der Waals surface area contributed by atoms with Crippen LogP contribution in [0.1, 0.15) is 43.6 Å². The van der Waals surface area contributed by atoms with Crippen molar-refractivity contribution < 1.29 is 9.53 Å². The van der Waals surface area contributed by atoms with E-state index in [0.29, 0.717) is 18.5 Å². The summed E-state index contributed by atoms with van der Waals surface area (Å²) < 4.78 is 5.49. The summed E-state index contributed by atoms with van der Waals surface area (Å²) in [6, 6.07) is 8.25. The Morgan fingerprint density at radius 1 is 1.13 bits per heavy atom. The average Bonchev–Trinajstić information content (AvgIpc) is 2.77. The largest absolute Gasteiger partial charge is 0.379 e. The number of aliphatic imine (C=N–C) groups is 1. The fourth-order valence-corrected chi connectivity index (χ4v) is 3.76. The molecule has 0 aliphatic carbocycles. The second kappa shape index (κ2) is 12.5. The van der Waals surface area contributed by atoms with Gasteiger partial charge in [0.2, 0.25) is 0 Å². The molecule has 0 aromatic heterocycles. The van der Waals surface area contributed by atoms with Gasteiger partial charge in [-0.05, 0) is 37.5 Å². The number of morpholine rings is 1. The van der Waals surface area contributed by atoms with Crippen LogP contribution in [0.5, 0.6) is 0 Å². The van der Waals surface area contributed by atoms with E-state index in [1.165, 1.54) is 0 Å². The van der Waals surface area contributed by atoms with Gasteiger partial charge in [-0.15, -0.1) is 0 Å². The molecule has 1 amide bonds. The molecule has 7 heteroatoms. The summed E-state index contributed by atoms with van der Waals surface area (Å²) in [7, 11) is 1.79. The minimum Gasteiger partial charge on any atom is -0.379 e. The Hall–Kier alpha value is -2.12. The quantitative estimate of drug-likeness (QED) is 0.476. The Bertz CT molecular complexity index is 665. The molecule has 168 valence electrons. The normalized spacial score (nSPS) is 16.4. The van der Waals surface area contributed by atoms with Crippen LogP contribution in [0.15, 0.2) is 29.3 Å². The molecule has 0 bridgehead atoms. The lowest BCUT2D eigenvalue weighted by molar-refractivity contribution is 0.00752. The maximum Gasteiger partial charge on any atom is 0.253 e. The number of ether oxygens (including phenoxy) is 1. The topological polar surface area (TPSA) is 69.2 Å². The SMILES string of the molecule is CCN(CC)C(=O)c1ccc(CNC(=NC)NCC(C(C)C)N2CCOCC2)cc1. The standard InChI is InChI=1S/C23H39N5O2/c1-6-27(7-2)22(29)20-10-8-19(9-11-20)16-25-23(24-5)26-17-21(18(3)4)28-12-14-30-15-13-28/h8-11,18,21H,6-7,12-17H2,1-5H3,(H2,24,25,26). The highest BCUT2D eigenvalue weighted by atomic mass is 16.5. The molecule has 1 unspecified atom stereocenters. The van der Waals surface area contributed by atoms with Gasteiger partial charge in [-0.2, -0.15) is 0 Å². The third kappa shape index (κ3) is 6.99. The summed E-state index contributed by atoms with van der Waals surface area (Å²) >= 11 is 0. The monoisotopic (exact) mass is 417 g/mol. The molecule has 1 heterocycles. The van der Waals surface area contributed by atoms with E-state index in [1.807, 2.05) is 43.0 Å². The molecule has 7 nitrogen and oxygen atoms in total. The molecule has 1 aliphatic rings. The van der Waals surface area contributed by atoms with Crippen LogP contribution in [0.2, 0.25) is 0 Å². The van der Waals surface area contributed by atoms with E-state index in [2.05, 4.69) is 34.4 Å². The summed E-state index contributed by atoms with van der Waals surface area (Å²) in [6.07, 6.45) is 0. The number of nitrogens with one attached hydrogen (secondary N) is 2. The Labute approximate surface area is 181 Å². The smallest absolute Gasteiger partial charge is 0.253 e. The molecule has 1 fully saturated rings. The Balaban J connectivity index is 1.86. The van der Waals surface area contributed by atoms with Crippen molar-refractivity contribution in [1.82, 2.24) is 20.4 Å². The van der Waals surface area contributed by atoms with Crippen LogP contribution in [-0.4, -0.2) is 80.7 Å². The van der Waals surface area contributed by atoms with Gasteiger partial charge in [-0.3, -0.25) is 14.7 Å². The van der Waals surface area contributed by atoms with Crippen molar-refractivity contribution in [3.05, 3.63) is 35.4 Å². The summed E-state index contributed by atoms with van der Waals surface area (Å²) in [6.45, 7) is 15.1. The number of hydrogen-bond donors (Lipinski definition) is 2. The Morgan fingerprint density at radius 3 is 2.30 bits per heavy atom. The zero-order chi connectivity index (χ0) is 21.9. The van der Waals surface area contributed by atoms with Crippen molar-refractivity contribution >= 4 is 11.9 Å². The van der Waals surface area contributed by atoms with E-state index in [4.69, 9.17) is 4.74 Å². The van der Waals surface area contributed by atoms with Gasteiger partial charge in [0.05, 0.1) is 13.2 Å². The van der Waals surface area contributed by atoms with Crippen molar-refractivity contribution in [2.75, 3.05) is 53.0 Å². The van der Waals surface area contributed by atoms with E-state index in [9.17, 15) is 4.79 Å². The van der Waals surface area contributed by atoms with Gasteiger partial charge in [-0.25, -0.2) is 0 Å². The van der Waals surface area contributed by atoms with Crippen LogP contribution in [0, 0.1) is 5.92 Å². The zero-order valence-electron chi connectivity index (χ0n) is 19.3. The molecule has 2 rings (SSSR count). The zero-order valence-corrected chi connectivity index (χ0v) is 19.3. The fourth-order valence-electron chi connectivity index (χ4n) is 3.76. The minimum absolute atomic E-state index is 0.0832. The second-order valence-corrected chi connectivity index (χ2v) is 7.94. The van der Waals surface area contributed by atoms with E-state index in [1.54, 1.807) is 7.05 Å².